The van der Waals surface area contributed by atoms with Gasteiger partial charge in [0, 0.05) is 11.6 Å². The molecule has 0 unspecified atom stereocenters. The van der Waals surface area contributed by atoms with E-state index in [0.29, 0.717) is 5.65 Å². The van der Waals surface area contributed by atoms with Crippen molar-refractivity contribution in [2.24, 2.45) is 0 Å². The van der Waals surface area contributed by atoms with Crippen LogP contribution >= 0.6 is 0 Å². The fourth-order valence-corrected chi connectivity index (χ4v) is 1.80. The molecule has 0 spiro atoms. The lowest BCUT2D eigenvalue weighted by Crippen LogP contribution is -1.92. The first-order valence-corrected chi connectivity index (χ1v) is 5.39. The largest absolute Gasteiger partial charge is 0.390 e. The first-order valence-electron chi connectivity index (χ1n) is 5.39. The van der Waals surface area contributed by atoms with Crippen LogP contribution in [0.3, 0.4) is 0 Å². The normalized spacial score (nSPS) is 11.2. The highest BCUT2D eigenvalue weighted by Gasteiger charge is 2.10. The zero-order valence-corrected chi connectivity index (χ0v) is 9.38. The van der Waals surface area contributed by atoms with Crippen molar-refractivity contribution in [3.63, 3.8) is 0 Å². The number of aromatic nitrogens is 4. The number of benzene rings is 1. The van der Waals surface area contributed by atoms with Crippen LogP contribution in [0.2, 0.25) is 0 Å². The van der Waals surface area contributed by atoms with Crippen LogP contribution in [0, 0.1) is 6.92 Å². The molecule has 5 heteroatoms. The standard InChI is InChI=1S/C12H12N4O/c1-8-2-4-9(5-3-8)12-14-13-11-6-10(7-17)15-16(11)12/h2-6,15,17H,7H2,1H3. The molecule has 0 aliphatic heterocycles. The summed E-state index contributed by atoms with van der Waals surface area (Å²) < 4.78 is 1.77. The lowest BCUT2D eigenvalue weighted by Gasteiger charge is -1.98. The van der Waals surface area contributed by atoms with Gasteiger partial charge in [0.2, 0.25) is 0 Å². The van der Waals surface area contributed by atoms with E-state index in [1.165, 1.54) is 5.56 Å². The molecule has 0 radical (unpaired) electrons. The monoisotopic (exact) mass is 228 g/mol. The van der Waals surface area contributed by atoms with Crippen LogP contribution in [0.1, 0.15) is 11.3 Å². The Morgan fingerprint density at radius 1 is 1.24 bits per heavy atom. The van der Waals surface area contributed by atoms with E-state index in [4.69, 9.17) is 5.11 Å². The molecule has 0 atom stereocenters. The fraction of sp³-hybridized carbons (Fsp3) is 0.167. The van der Waals surface area contributed by atoms with Crippen LogP contribution in [0.5, 0.6) is 0 Å². The molecule has 2 N–H and O–H groups in total. The second kappa shape index (κ2) is 3.71. The van der Waals surface area contributed by atoms with Gasteiger partial charge in [0.15, 0.2) is 11.5 Å². The summed E-state index contributed by atoms with van der Waals surface area (Å²) in [4.78, 5) is 0. The van der Waals surface area contributed by atoms with Crippen molar-refractivity contribution in [2.75, 3.05) is 0 Å². The van der Waals surface area contributed by atoms with E-state index in [-0.39, 0.29) is 6.61 Å². The molecule has 0 aliphatic carbocycles. The van der Waals surface area contributed by atoms with E-state index in [0.717, 1.165) is 17.1 Å². The Kier molecular flexibility index (Phi) is 2.19. The molecule has 3 rings (SSSR count). The molecule has 1 aromatic carbocycles. The zero-order valence-electron chi connectivity index (χ0n) is 9.38. The summed E-state index contributed by atoms with van der Waals surface area (Å²) in [7, 11) is 0. The van der Waals surface area contributed by atoms with Crippen LogP contribution in [0.15, 0.2) is 30.3 Å². The predicted molar refractivity (Wildman–Crippen MR) is 63.4 cm³/mol. The lowest BCUT2D eigenvalue weighted by molar-refractivity contribution is 0.276. The third kappa shape index (κ3) is 1.60. The summed E-state index contributed by atoms with van der Waals surface area (Å²) in [5.41, 5.74) is 3.64. The van der Waals surface area contributed by atoms with Gasteiger partial charge in [-0.1, -0.05) is 29.8 Å². The number of H-pyrrole nitrogens is 1. The number of aliphatic hydroxyl groups is 1. The second-order valence-electron chi connectivity index (χ2n) is 4.02. The van der Waals surface area contributed by atoms with Gasteiger partial charge in [-0.05, 0) is 6.92 Å². The molecule has 0 saturated heterocycles. The number of rotatable bonds is 2. The molecule has 0 amide bonds. The van der Waals surface area contributed by atoms with Gasteiger partial charge in [-0.3, -0.25) is 5.10 Å². The molecule has 17 heavy (non-hydrogen) atoms. The fourth-order valence-electron chi connectivity index (χ4n) is 1.80. The van der Waals surface area contributed by atoms with E-state index in [9.17, 15) is 0 Å². The molecule has 5 nitrogen and oxygen atoms in total. The molecule has 0 saturated carbocycles. The summed E-state index contributed by atoms with van der Waals surface area (Å²) in [5, 5.41) is 20.3. The van der Waals surface area contributed by atoms with Crippen LogP contribution in [-0.4, -0.2) is 24.9 Å². The van der Waals surface area contributed by atoms with E-state index >= 15 is 0 Å². The average Bonchev–Trinajstić information content (AvgIpc) is 2.89. The van der Waals surface area contributed by atoms with Crippen LogP contribution in [0.25, 0.3) is 17.0 Å². The molecule has 0 fully saturated rings. The number of aryl methyl sites for hydroxylation is 1. The average molecular weight is 228 g/mol. The Hall–Kier alpha value is -2.14. The summed E-state index contributed by atoms with van der Waals surface area (Å²) in [6, 6.07) is 9.86. The van der Waals surface area contributed by atoms with Crippen molar-refractivity contribution < 1.29 is 5.11 Å². The lowest BCUT2D eigenvalue weighted by atomic mass is 10.1. The van der Waals surface area contributed by atoms with Gasteiger partial charge in [-0.25, -0.2) is 4.52 Å². The summed E-state index contributed by atoms with van der Waals surface area (Å²) in [6.45, 7) is 2.01. The molecule has 2 aromatic heterocycles. The first-order chi connectivity index (χ1) is 8.28. The number of nitrogens with one attached hydrogen (secondary N) is 1. The van der Waals surface area contributed by atoms with Gasteiger partial charge in [-0.15, -0.1) is 10.2 Å². The van der Waals surface area contributed by atoms with Gasteiger partial charge >= 0.3 is 0 Å². The number of hydrogen-bond donors (Lipinski definition) is 2. The molecular formula is C12H12N4O. The minimum atomic E-state index is -0.0311. The Labute approximate surface area is 97.7 Å². The first kappa shape index (κ1) is 10.0. The highest BCUT2D eigenvalue weighted by molar-refractivity contribution is 5.59. The summed E-state index contributed by atoms with van der Waals surface area (Å²) >= 11 is 0. The van der Waals surface area contributed by atoms with Crippen molar-refractivity contribution >= 4 is 5.65 Å². The van der Waals surface area contributed by atoms with Crippen molar-refractivity contribution in [3.8, 4) is 11.4 Å². The highest BCUT2D eigenvalue weighted by atomic mass is 16.3. The smallest absolute Gasteiger partial charge is 0.183 e. The van der Waals surface area contributed by atoms with Crippen LogP contribution < -0.4 is 0 Å². The maximum atomic E-state index is 9.06. The Bertz CT molecular complexity index is 651. The molecular weight excluding hydrogens is 216 g/mol. The number of aromatic amines is 1. The third-order valence-corrected chi connectivity index (χ3v) is 2.73. The number of nitrogens with zero attached hydrogens (tertiary/aromatic N) is 3. The van der Waals surface area contributed by atoms with Crippen LogP contribution in [-0.2, 0) is 6.61 Å². The minimum absolute atomic E-state index is 0.0311. The van der Waals surface area contributed by atoms with Gasteiger partial charge in [0.25, 0.3) is 0 Å². The van der Waals surface area contributed by atoms with Crippen molar-refractivity contribution in [3.05, 3.63) is 41.6 Å². The SMILES string of the molecule is Cc1ccc(-c2nnc3cc(CO)[nH]n23)cc1. The summed E-state index contributed by atoms with van der Waals surface area (Å²) in [5.74, 6) is 0.750. The van der Waals surface area contributed by atoms with E-state index < -0.39 is 0 Å². The topological polar surface area (TPSA) is 66.2 Å². The van der Waals surface area contributed by atoms with Crippen LogP contribution in [0.4, 0.5) is 0 Å². The molecule has 0 aliphatic rings. The molecule has 86 valence electrons. The third-order valence-electron chi connectivity index (χ3n) is 2.73. The molecule has 2 heterocycles. The van der Waals surface area contributed by atoms with Gasteiger partial charge in [-0.2, -0.15) is 0 Å². The number of aliphatic hydroxyl groups excluding tert-OH is 1. The maximum Gasteiger partial charge on any atom is 0.183 e. The number of fused-ring (bicyclic) bond motifs is 1. The van der Waals surface area contributed by atoms with E-state index in [2.05, 4.69) is 15.3 Å². The maximum absolute atomic E-state index is 9.06. The van der Waals surface area contributed by atoms with Crippen molar-refractivity contribution in [1.82, 2.24) is 19.8 Å². The minimum Gasteiger partial charge on any atom is -0.390 e. The van der Waals surface area contributed by atoms with Crippen molar-refractivity contribution in [2.45, 2.75) is 13.5 Å². The van der Waals surface area contributed by atoms with Gasteiger partial charge in [0.05, 0.1) is 12.3 Å². The Morgan fingerprint density at radius 3 is 2.71 bits per heavy atom. The molecule has 3 aromatic rings. The van der Waals surface area contributed by atoms with E-state index in [1.54, 1.807) is 10.6 Å². The van der Waals surface area contributed by atoms with Gasteiger partial charge < -0.3 is 5.11 Å². The van der Waals surface area contributed by atoms with E-state index in [1.807, 2.05) is 31.2 Å². The van der Waals surface area contributed by atoms with Gasteiger partial charge in [0.1, 0.15) is 0 Å². The molecule has 0 bridgehead atoms. The quantitative estimate of drug-likeness (QED) is 0.699. The summed E-state index contributed by atoms with van der Waals surface area (Å²) in [6.07, 6.45) is 0. The van der Waals surface area contributed by atoms with Crippen molar-refractivity contribution in [1.29, 1.82) is 0 Å². The Morgan fingerprint density at radius 2 is 2.00 bits per heavy atom. The predicted octanol–water partition coefficient (Wildman–Crippen LogP) is 1.53. The zero-order chi connectivity index (χ0) is 11.8. The second-order valence-corrected chi connectivity index (χ2v) is 4.02. The number of hydrogen-bond acceptors (Lipinski definition) is 3. The Balaban J connectivity index is 2.16. The highest BCUT2D eigenvalue weighted by Crippen LogP contribution is 2.18.